The van der Waals surface area contributed by atoms with Crippen LogP contribution in [0.25, 0.3) is 0 Å². The molecular weight excluding hydrogens is 358 g/mol. The molecule has 0 aliphatic carbocycles. The third-order valence-corrected chi connectivity index (χ3v) is 3.85. The molecule has 0 saturated carbocycles. The number of aromatic nitrogens is 2. The Morgan fingerprint density at radius 1 is 1.27 bits per heavy atom. The van der Waals surface area contributed by atoms with E-state index in [1.54, 1.807) is 36.4 Å². The summed E-state index contributed by atoms with van der Waals surface area (Å²) >= 11 is 5.90. The number of carbonyl (C=O) groups is 2. The van der Waals surface area contributed by atoms with Crippen molar-refractivity contribution < 1.29 is 14.3 Å². The van der Waals surface area contributed by atoms with Gasteiger partial charge in [-0.1, -0.05) is 17.7 Å². The highest BCUT2D eigenvalue weighted by atomic mass is 35.5. The molecule has 2 aromatic rings. The molecular formula is C17H16ClN5O3. The van der Waals surface area contributed by atoms with Crippen LogP contribution in [0.15, 0.2) is 41.5 Å². The largest absolute Gasteiger partial charge is 0.487 e. The molecule has 9 heteroatoms. The third kappa shape index (κ3) is 4.54. The van der Waals surface area contributed by atoms with Crippen molar-refractivity contribution >= 4 is 34.9 Å². The quantitative estimate of drug-likeness (QED) is 0.867. The fourth-order valence-electron chi connectivity index (χ4n) is 2.24. The number of amides is 2. The standard InChI is InChI=1S/C17H16ClN5O3/c1-23-16(24)8-6-14(22-23)17(25)19-15-7-5-12(20-21-15)10-26-13-4-2-3-11(18)9-13/h2-5,7,9H,6,8,10H2,1H3,(H,19,21,25). The topological polar surface area (TPSA) is 96.8 Å². The van der Waals surface area contributed by atoms with Gasteiger partial charge in [-0.2, -0.15) is 5.10 Å². The van der Waals surface area contributed by atoms with Crippen molar-refractivity contribution in [1.29, 1.82) is 0 Å². The average molecular weight is 374 g/mol. The Bertz CT molecular complexity index is 854. The van der Waals surface area contributed by atoms with Crippen LogP contribution in [0.1, 0.15) is 18.5 Å². The third-order valence-electron chi connectivity index (χ3n) is 3.61. The molecule has 26 heavy (non-hydrogen) atoms. The molecule has 2 heterocycles. The van der Waals surface area contributed by atoms with Gasteiger partial charge in [-0.15, -0.1) is 10.2 Å². The van der Waals surface area contributed by atoms with Crippen LogP contribution in [-0.4, -0.2) is 39.8 Å². The summed E-state index contributed by atoms with van der Waals surface area (Å²) in [5.41, 5.74) is 0.880. The predicted molar refractivity (Wildman–Crippen MR) is 95.9 cm³/mol. The lowest BCUT2D eigenvalue weighted by atomic mass is 10.1. The first-order valence-electron chi connectivity index (χ1n) is 7.87. The van der Waals surface area contributed by atoms with Crippen LogP contribution >= 0.6 is 11.6 Å². The minimum atomic E-state index is -0.401. The highest BCUT2D eigenvalue weighted by Gasteiger charge is 2.22. The average Bonchev–Trinajstić information content (AvgIpc) is 2.63. The number of nitrogens with one attached hydrogen (secondary N) is 1. The van der Waals surface area contributed by atoms with E-state index in [9.17, 15) is 9.59 Å². The van der Waals surface area contributed by atoms with E-state index in [1.807, 2.05) is 0 Å². The van der Waals surface area contributed by atoms with E-state index in [2.05, 4.69) is 20.6 Å². The van der Waals surface area contributed by atoms with E-state index in [0.717, 1.165) is 0 Å². The number of halogens is 1. The second-order valence-corrected chi connectivity index (χ2v) is 6.01. The van der Waals surface area contributed by atoms with Gasteiger partial charge in [-0.05, 0) is 30.3 Å². The summed E-state index contributed by atoms with van der Waals surface area (Å²) in [6.45, 7) is 0.223. The van der Waals surface area contributed by atoms with Crippen LogP contribution in [0.2, 0.25) is 5.02 Å². The van der Waals surface area contributed by atoms with E-state index in [-0.39, 0.29) is 24.6 Å². The molecule has 134 valence electrons. The number of carbonyl (C=O) groups excluding carboxylic acids is 2. The molecule has 1 aliphatic rings. The molecule has 3 rings (SSSR count). The maximum atomic E-state index is 12.2. The van der Waals surface area contributed by atoms with E-state index in [1.165, 1.54) is 12.1 Å². The molecule has 8 nitrogen and oxygen atoms in total. The Morgan fingerprint density at radius 3 is 2.81 bits per heavy atom. The van der Waals surface area contributed by atoms with Crippen LogP contribution in [0.5, 0.6) is 5.75 Å². The van der Waals surface area contributed by atoms with Crippen molar-refractivity contribution in [2.24, 2.45) is 5.10 Å². The second-order valence-electron chi connectivity index (χ2n) is 5.57. The summed E-state index contributed by atoms with van der Waals surface area (Å²) in [5.74, 6) is 0.404. The number of hydrogen-bond acceptors (Lipinski definition) is 6. The van der Waals surface area contributed by atoms with Gasteiger partial charge in [0.25, 0.3) is 5.91 Å². The molecule has 0 radical (unpaired) electrons. The molecule has 0 spiro atoms. The summed E-state index contributed by atoms with van der Waals surface area (Å²) in [6, 6.07) is 10.4. The van der Waals surface area contributed by atoms with E-state index < -0.39 is 5.91 Å². The van der Waals surface area contributed by atoms with Gasteiger partial charge in [0.05, 0.1) is 0 Å². The molecule has 1 aromatic heterocycles. The second kappa shape index (κ2) is 7.92. The maximum absolute atomic E-state index is 12.2. The molecule has 0 unspecified atom stereocenters. The molecule has 2 amide bonds. The summed E-state index contributed by atoms with van der Waals surface area (Å²) in [5, 5.41) is 16.3. The molecule has 1 aliphatic heterocycles. The number of hydrazone groups is 1. The highest BCUT2D eigenvalue weighted by molar-refractivity contribution is 6.43. The number of hydrogen-bond donors (Lipinski definition) is 1. The van der Waals surface area contributed by atoms with Crippen molar-refractivity contribution in [3.8, 4) is 5.75 Å². The van der Waals surface area contributed by atoms with Gasteiger partial charge < -0.3 is 10.1 Å². The van der Waals surface area contributed by atoms with Crippen LogP contribution in [0, 0.1) is 0 Å². The van der Waals surface area contributed by atoms with Gasteiger partial charge in [0.1, 0.15) is 23.8 Å². The summed E-state index contributed by atoms with van der Waals surface area (Å²) in [4.78, 5) is 23.5. The van der Waals surface area contributed by atoms with Gasteiger partial charge in [-0.3, -0.25) is 9.59 Å². The van der Waals surface area contributed by atoms with Gasteiger partial charge in [0.15, 0.2) is 5.82 Å². The maximum Gasteiger partial charge on any atom is 0.273 e. The zero-order valence-electron chi connectivity index (χ0n) is 14.0. The number of rotatable bonds is 5. The van der Waals surface area contributed by atoms with Gasteiger partial charge in [0.2, 0.25) is 5.91 Å². The summed E-state index contributed by atoms with van der Waals surface area (Å²) in [7, 11) is 1.52. The smallest absolute Gasteiger partial charge is 0.273 e. The number of ether oxygens (including phenoxy) is 1. The van der Waals surface area contributed by atoms with Crippen molar-refractivity contribution in [2.45, 2.75) is 19.4 Å². The Balaban J connectivity index is 1.57. The Morgan fingerprint density at radius 2 is 2.12 bits per heavy atom. The molecule has 0 atom stereocenters. The predicted octanol–water partition coefficient (Wildman–Crippen LogP) is 2.26. The fourth-order valence-corrected chi connectivity index (χ4v) is 2.42. The molecule has 1 N–H and O–H groups in total. The minimum Gasteiger partial charge on any atom is -0.487 e. The monoisotopic (exact) mass is 373 g/mol. The normalized spacial score (nSPS) is 14.0. The highest BCUT2D eigenvalue weighted by Crippen LogP contribution is 2.18. The molecule has 0 fully saturated rings. The van der Waals surface area contributed by atoms with Crippen LogP contribution < -0.4 is 10.1 Å². The first-order valence-corrected chi connectivity index (χ1v) is 8.25. The Kier molecular flexibility index (Phi) is 5.43. The van der Waals surface area contributed by atoms with Crippen LogP contribution in [0.3, 0.4) is 0 Å². The SMILES string of the molecule is CN1N=C(C(=O)Nc2ccc(COc3cccc(Cl)c3)nn2)CCC1=O. The summed E-state index contributed by atoms with van der Waals surface area (Å²) in [6.07, 6.45) is 0.558. The fraction of sp³-hybridized carbons (Fsp3) is 0.235. The molecule has 0 saturated heterocycles. The van der Waals surface area contributed by atoms with Crippen molar-refractivity contribution in [1.82, 2.24) is 15.2 Å². The molecule has 0 bridgehead atoms. The van der Waals surface area contributed by atoms with E-state index in [4.69, 9.17) is 16.3 Å². The first kappa shape index (κ1) is 17.8. The van der Waals surface area contributed by atoms with Gasteiger partial charge in [-0.25, -0.2) is 5.01 Å². The zero-order chi connectivity index (χ0) is 18.5. The summed E-state index contributed by atoms with van der Waals surface area (Å²) < 4.78 is 5.58. The van der Waals surface area contributed by atoms with E-state index in [0.29, 0.717) is 28.7 Å². The van der Waals surface area contributed by atoms with Gasteiger partial charge >= 0.3 is 0 Å². The van der Waals surface area contributed by atoms with Crippen molar-refractivity contribution in [3.05, 3.63) is 47.1 Å². The first-order chi connectivity index (χ1) is 12.5. The number of nitrogens with zero attached hydrogens (tertiary/aromatic N) is 4. The zero-order valence-corrected chi connectivity index (χ0v) is 14.7. The number of benzene rings is 1. The van der Waals surface area contributed by atoms with E-state index >= 15 is 0 Å². The Labute approximate surface area is 154 Å². The number of anilines is 1. The lowest BCUT2D eigenvalue weighted by Gasteiger charge is -2.18. The Hall–Kier alpha value is -3.00. The van der Waals surface area contributed by atoms with Crippen molar-refractivity contribution in [3.63, 3.8) is 0 Å². The van der Waals surface area contributed by atoms with Gasteiger partial charge in [0, 0.05) is 24.9 Å². The van der Waals surface area contributed by atoms with Crippen LogP contribution in [0.4, 0.5) is 5.82 Å². The lowest BCUT2D eigenvalue weighted by Crippen LogP contribution is -2.34. The van der Waals surface area contributed by atoms with Crippen molar-refractivity contribution in [2.75, 3.05) is 12.4 Å². The minimum absolute atomic E-state index is 0.120. The lowest BCUT2D eigenvalue weighted by molar-refractivity contribution is -0.130. The van der Waals surface area contributed by atoms with Crippen LogP contribution in [-0.2, 0) is 16.2 Å². The molecule has 1 aromatic carbocycles.